The lowest BCUT2D eigenvalue weighted by Gasteiger charge is -2.25. The lowest BCUT2D eigenvalue weighted by molar-refractivity contribution is 0.0983. The smallest absolute Gasteiger partial charge is 0.243 e. The molecule has 7 heteroatoms. The summed E-state index contributed by atoms with van der Waals surface area (Å²) in [5.41, 5.74) is 0. The SMILES string of the molecule is COc1ccc(S(=O)(=O)N2C[C@@H](O)[C@H](N3CCCC3)C2)cc1. The van der Waals surface area contributed by atoms with Gasteiger partial charge in [0.05, 0.1) is 24.2 Å². The molecule has 2 heterocycles. The summed E-state index contributed by atoms with van der Waals surface area (Å²) in [6.45, 7) is 2.40. The van der Waals surface area contributed by atoms with E-state index in [1.807, 2.05) is 0 Å². The van der Waals surface area contributed by atoms with Crippen molar-refractivity contribution in [1.29, 1.82) is 0 Å². The molecule has 0 spiro atoms. The summed E-state index contributed by atoms with van der Waals surface area (Å²) in [7, 11) is -2.03. The molecule has 0 bridgehead atoms. The van der Waals surface area contributed by atoms with Crippen LogP contribution in [0.2, 0.25) is 0 Å². The molecule has 2 aliphatic heterocycles. The van der Waals surface area contributed by atoms with Gasteiger partial charge < -0.3 is 9.84 Å². The number of likely N-dealkylation sites (tertiary alicyclic amines) is 1. The minimum Gasteiger partial charge on any atom is -0.497 e. The number of rotatable bonds is 4. The van der Waals surface area contributed by atoms with Crippen LogP contribution < -0.4 is 4.74 Å². The Bertz CT molecular complexity index is 611. The molecule has 1 aromatic carbocycles. The van der Waals surface area contributed by atoms with Crippen LogP contribution >= 0.6 is 0 Å². The molecule has 122 valence electrons. The highest BCUT2D eigenvalue weighted by atomic mass is 32.2. The summed E-state index contributed by atoms with van der Waals surface area (Å²) in [4.78, 5) is 2.44. The van der Waals surface area contributed by atoms with Crippen molar-refractivity contribution in [2.75, 3.05) is 33.3 Å². The Morgan fingerprint density at radius 2 is 1.77 bits per heavy atom. The molecule has 0 amide bonds. The maximum atomic E-state index is 12.7. The molecular weight excluding hydrogens is 304 g/mol. The normalized spacial score (nSPS) is 27.4. The van der Waals surface area contributed by atoms with Gasteiger partial charge in [-0.05, 0) is 50.2 Å². The highest BCUT2D eigenvalue weighted by molar-refractivity contribution is 7.89. The van der Waals surface area contributed by atoms with Gasteiger partial charge in [-0.15, -0.1) is 0 Å². The van der Waals surface area contributed by atoms with Crippen LogP contribution in [0.15, 0.2) is 29.2 Å². The van der Waals surface area contributed by atoms with Crippen LogP contribution in [0.3, 0.4) is 0 Å². The quantitative estimate of drug-likeness (QED) is 0.874. The predicted octanol–water partition coefficient (Wildman–Crippen LogP) is 0.525. The highest BCUT2D eigenvalue weighted by Gasteiger charge is 2.41. The lowest BCUT2D eigenvalue weighted by atomic mass is 10.2. The molecule has 6 nitrogen and oxygen atoms in total. The fourth-order valence-corrected chi connectivity index (χ4v) is 4.74. The molecule has 2 fully saturated rings. The second kappa shape index (κ2) is 6.16. The molecule has 2 saturated heterocycles. The zero-order chi connectivity index (χ0) is 15.7. The second-order valence-corrected chi connectivity index (χ2v) is 7.81. The van der Waals surface area contributed by atoms with Crippen molar-refractivity contribution in [1.82, 2.24) is 9.21 Å². The van der Waals surface area contributed by atoms with E-state index in [4.69, 9.17) is 4.74 Å². The van der Waals surface area contributed by atoms with Crippen LogP contribution in [0.5, 0.6) is 5.75 Å². The lowest BCUT2D eigenvalue weighted by Crippen LogP contribution is -2.41. The number of methoxy groups -OCH3 is 1. The fraction of sp³-hybridized carbons (Fsp3) is 0.600. The number of sulfonamides is 1. The van der Waals surface area contributed by atoms with Gasteiger partial charge in [-0.2, -0.15) is 4.31 Å². The summed E-state index contributed by atoms with van der Waals surface area (Å²) < 4.78 is 31.8. The Hall–Kier alpha value is -1.15. The molecule has 2 aliphatic rings. The molecular formula is C15H22N2O4S. The maximum Gasteiger partial charge on any atom is 0.243 e. The standard InChI is InChI=1S/C15H22N2O4S/c1-21-12-4-6-13(7-5-12)22(19,20)17-10-14(15(18)11-17)16-8-2-3-9-16/h4-7,14-15,18H,2-3,8-11H2,1H3/t14-,15-/m1/s1. The minimum absolute atomic E-state index is 0.0875. The molecule has 3 rings (SSSR count). The summed E-state index contributed by atoms with van der Waals surface area (Å²) in [5.74, 6) is 0.621. The third-order valence-electron chi connectivity index (χ3n) is 4.53. The third kappa shape index (κ3) is 2.86. The third-order valence-corrected chi connectivity index (χ3v) is 6.38. The average molecular weight is 326 g/mol. The van der Waals surface area contributed by atoms with E-state index in [9.17, 15) is 13.5 Å². The minimum atomic E-state index is -3.57. The monoisotopic (exact) mass is 326 g/mol. The summed E-state index contributed by atoms with van der Waals surface area (Å²) in [6, 6.07) is 6.28. The number of hydrogen-bond acceptors (Lipinski definition) is 5. The number of aliphatic hydroxyl groups excluding tert-OH is 1. The molecule has 2 atom stereocenters. The number of nitrogens with zero attached hydrogens (tertiary/aromatic N) is 2. The molecule has 0 saturated carbocycles. The second-order valence-electron chi connectivity index (χ2n) is 5.88. The predicted molar refractivity (Wildman–Crippen MR) is 82.4 cm³/mol. The van der Waals surface area contributed by atoms with Gasteiger partial charge in [-0.3, -0.25) is 4.90 Å². The first-order valence-electron chi connectivity index (χ1n) is 7.58. The van der Waals surface area contributed by atoms with Gasteiger partial charge in [-0.25, -0.2) is 8.42 Å². The molecule has 0 aromatic heterocycles. The van der Waals surface area contributed by atoms with E-state index in [-0.39, 0.29) is 17.5 Å². The van der Waals surface area contributed by atoms with Crippen molar-refractivity contribution in [3.05, 3.63) is 24.3 Å². The van der Waals surface area contributed by atoms with Crippen LogP contribution in [-0.4, -0.2) is 68.2 Å². The summed E-state index contributed by atoms with van der Waals surface area (Å²) in [6.07, 6.45) is 1.62. The summed E-state index contributed by atoms with van der Waals surface area (Å²) >= 11 is 0. The van der Waals surface area contributed by atoms with Gasteiger partial charge in [0.1, 0.15) is 5.75 Å². The number of ether oxygens (including phenoxy) is 1. The Labute approximate surface area is 131 Å². The van der Waals surface area contributed by atoms with Crippen LogP contribution in [0.25, 0.3) is 0 Å². The van der Waals surface area contributed by atoms with Gasteiger partial charge in [0, 0.05) is 13.1 Å². The zero-order valence-corrected chi connectivity index (χ0v) is 13.5. The van der Waals surface area contributed by atoms with E-state index in [0.717, 1.165) is 25.9 Å². The van der Waals surface area contributed by atoms with E-state index in [0.29, 0.717) is 12.3 Å². The van der Waals surface area contributed by atoms with Gasteiger partial charge in [0.15, 0.2) is 0 Å². The number of aliphatic hydroxyl groups is 1. The van der Waals surface area contributed by atoms with E-state index < -0.39 is 16.1 Å². The first-order chi connectivity index (χ1) is 10.5. The van der Waals surface area contributed by atoms with Crippen LogP contribution in [0.4, 0.5) is 0 Å². The Balaban J connectivity index is 1.77. The highest BCUT2D eigenvalue weighted by Crippen LogP contribution is 2.27. The average Bonchev–Trinajstić information content (AvgIpc) is 3.16. The number of β-amino-alcohol motifs (C(OH)–C–C–N with tert-alkyl or cyclic N) is 1. The zero-order valence-electron chi connectivity index (χ0n) is 12.7. The first-order valence-corrected chi connectivity index (χ1v) is 9.02. The Morgan fingerprint density at radius 1 is 1.14 bits per heavy atom. The van der Waals surface area contributed by atoms with E-state index in [2.05, 4.69) is 4.90 Å². The molecule has 1 aromatic rings. The van der Waals surface area contributed by atoms with E-state index >= 15 is 0 Å². The van der Waals surface area contributed by atoms with Crippen molar-refractivity contribution in [2.24, 2.45) is 0 Å². The molecule has 0 aliphatic carbocycles. The van der Waals surface area contributed by atoms with Crippen molar-refractivity contribution in [2.45, 2.75) is 29.9 Å². The fourth-order valence-electron chi connectivity index (χ4n) is 3.26. The van der Waals surface area contributed by atoms with Crippen LogP contribution in [-0.2, 0) is 10.0 Å². The molecule has 0 radical (unpaired) electrons. The topological polar surface area (TPSA) is 70.1 Å². The van der Waals surface area contributed by atoms with Crippen molar-refractivity contribution < 1.29 is 18.3 Å². The van der Waals surface area contributed by atoms with Gasteiger partial charge in [-0.1, -0.05) is 0 Å². The number of hydrogen-bond donors (Lipinski definition) is 1. The van der Waals surface area contributed by atoms with E-state index in [1.165, 1.54) is 4.31 Å². The van der Waals surface area contributed by atoms with Gasteiger partial charge in [0.25, 0.3) is 0 Å². The largest absolute Gasteiger partial charge is 0.497 e. The van der Waals surface area contributed by atoms with Crippen molar-refractivity contribution >= 4 is 10.0 Å². The Morgan fingerprint density at radius 3 is 2.36 bits per heavy atom. The maximum absolute atomic E-state index is 12.7. The van der Waals surface area contributed by atoms with Crippen molar-refractivity contribution in [3.63, 3.8) is 0 Å². The van der Waals surface area contributed by atoms with E-state index in [1.54, 1.807) is 31.4 Å². The van der Waals surface area contributed by atoms with Gasteiger partial charge >= 0.3 is 0 Å². The molecule has 0 unspecified atom stereocenters. The molecule has 1 N–H and O–H groups in total. The summed E-state index contributed by atoms with van der Waals surface area (Å²) in [5, 5.41) is 10.2. The number of benzene rings is 1. The Kier molecular flexibility index (Phi) is 4.40. The van der Waals surface area contributed by atoms with Crippen molar-refractivity contribution in [3.8, 4) is 5.75 Å². The van der Waals surface area contributed by atoms with Crippen LogP contribution in [0, 0.1) is 0 Å². The first kappa shape index (κ1) is 15.7. The molecule has 22 heavy (non-hydrogen) atoms. The van der Waals surface area contributed by atoms with Gasteiger partial charge in [0.2, 0.25) is 10.0 Å². The van der Waals surface area contributed by atoms with Crippen LogP contribution in [0.1, 0.15) is 12.8 Å².